The molecular weight excluding hydrogens is 390 g/mol. The van der Waals surface area contributed by atoms with Crippen molar-refractivity contribution in [2.75, 3.05) is 11.5 Å². The summed E-state index contributed by atoms with van der Waals surface area (Å²) in [5.74, 6) is 0.486. The molecule has 0 aliphatic carbocycles. The van der Waals surface area contributed by atoms with E-state index in [0.717, 1.165) is 22.2 Å². The van der Waals surface area contributed by atoms with Gasteiger partial charge >= 0.3 is 0 Å². The molecule has 0 saturated heterocycles. The van der Waals surface area contributed by atoms with Gasteiger partial charge in [0.2, 0.25) is 0 Å². The predicted molar refractivity (Wildman–Crippen MR) is 122 cm³/mol. The van der Waals surface area contributed by atoms with Crippen LogP contribution in [0.3, 0.4) is 0 Å². The van der Waals surface area contributed by atoms with Crippen LogP contribution in [0.4, 0.5) is 5.69 Å². The van der Waals surface area contributed by atoms with Crippen molar-refractivity contribution in [3.05, 3.63) is 100 Å². The van der Waals surface area contributed by atoms with E-state index in [-0.39, 0.29) is 18.0 Å². The van der Waals surface area contributed by atoms with Crippen LogP contribution in [0.5, 0.6) is 5.75 Å². The number of pyridine rings is 2. The number of hydrogen-bond acceptors (Lipinski definition) is 4. The first-order valence-electron chi connectivity index (χ1n) is 10.1. The molecule has 2 heterocycles. The van der Waals surface area contributed by atoms with Crippen molar-refractivity contribution in [1.82, 2.24) is 9.97 Å². The highest BCUT2D eigenvalue weighted by Crippen LogP contribution is 2.23. The number of anilines is 1. The molecule has 0 fully saturated rings. The van der Waals surface area contributed by atoms with E-state index in [0.29, 0.717) is 23.4 Å². The zero-order valence-electron chi connectivity index (χ0n) is 17.5. The Morgan fingerprint density at radius 3 is 2.61 bits per heavy atom. The molecule has 4 aromatic rings. The number of carbonyl (C=O) groups is 1. The predicted octanol–water partition coefficient (Wildman–Crippen LogP) is 4.48. The van der Waals surface area contributed by atoms with Crippen LogP contribution >= 0.6 is 0 Å². The molecular formula is C25H23N3O3. The number of aryl methyl sites for hydroxylation is 1. The first kappa shape index (κ1) is 20.3. The van der Waals surface area contributed by atoms with Crippen molar-refractivity contribution in [2.24, 2.45) is 0 Å². The molecule has 31 heavy (non-hydrogen) atoms. The highest BCUT2D eigenvalue weighted by molar-refractivity contribution is 6.05. The number of amides is 1. The third-order valence-electron chi connectivity index (χ3n) is 5.02. The van der Waals surface area contributed by atoms with Crippen molar-refractivity contribution in [1.29, 1.82) is 0 Å². The van der Waals surface area contributed by atoms with Gasteiger partial charge in [0, 0.05) is 29.2 Å². The highest BCUT2D eigenvalue weighted by Gasteiger charge is 2.20. The Labute approximate surface area is 180 Å². The lowest BCUT2D eigenvalue weighted by Gasteiger charge is -2.23. The number of fused-ring (bicyclic) bond motifs is 1. The number of hydrogen-bond donors (Lipinski definition) is 1. The molecule has 4 rings (SSSR count). The monoisotopic (exact) mass is 413 g/mol. The van der Waals surface area contributed by atoms with Gasteiger partial charge in [-0.3, -0.25) is 14.6 Å². The second-order valence-electron chi connectivity index (χ2n) is 7.27. The van der Waals surface area contributed by atoms with Gasteiger partial charge in [0.05, 0.1) is 18.7 Å². The molecule has 0 aliphatic rings. The number of rotatable bonds is 6. The molecule has 2 aromatic carbocycles. The Morgan fingerprint density at radius 2 is 1.90 bits per heavy atom. The first-order chi connectivity index (χ1) is 15.0. The van der Waals surface area contributed by atoms with Crippen LogP contribution in [-0.2, 0) is 6.54 Å². The fourth-order valence-corrected chi connectivity index (χ4v) is 3.46. The van der Waals surface area contributed by atoms with E-state index in [1.165, 1.54) is 6.20 Å². The van der Waals surface area contributed by atoms with Gasteiger partial charge in [-0.15, -0.1) is 0 Å². The van der Waals surface area contributed by atoms with Crippen molar-refractivity contribution in [2.45, 2.75) is 20.4 Å². The van der Waals surface area contributed by atoms with Crippen molar-refractivity contribution >= 4 is 22.5 Å². The molecule has 156 valence electrons. The molecule has 2 aromatic heterocycles. The van der Waals surface area contributed by atoms with Gasteiger partial charge < -0.3 is 14.6 Å². The topological polar surface area (TPSA) is 75.3 Å². The Kier molecular flexibility index (Phi) is 5.80. The molecule has 0 aliphatic heterocycles. The lowest BCUT2D eigenvalue weighted by atomic mass is 10.1. The molecule has 0 atom stereocenters. The second-order valence-corrected chi connectivity index (χ2v) is 7.27. The lowest BCUT2D eigenvalue weighted by molar-refractivity contribution is 0.0984. The number of nitrogens with zero attached hydrogens (tertiary/aromatic N) is 2. The van der Waals surface area contributed by atoms with Crippen molar-refractivity contribution < 1.29 is 9.53 Å². The molecule has 0 radical (unpaired) electrons. The van der Waals surface area contributed by atoms with Gasteiger partial charge in [-0.05, 0) is 73.3 Å². The number of aromatic amines is 1. The van der Waals surface area contributed by atoms with E-state index < -0.39 is 0 Å². The maximum absolute atomic E-state index is 13.3. The summed E-state index contributed by atoms with van der Waals surface area (Å²) < 4.78 is 5.51. The SMILES string of the molecule is CCOc1ccc(N(Cc2cc3ccc(C)cc3[nH]c2=O)C(=O)c2cccnc2)cc1. The first-order valence-corrected chi connectivity index (χ1v) is 10.1. The zero-order valence-corrected chi connectivity index (χ0v) is 17.5. The fourth-order valence-electron chi connectivity index (χ4n) is 3.46. The molecule has 6 heteroatoms. The largest absolute Gasteiger partial charge is 0.494 e. The van der Waals surface area contributed by atoms with E-state index in [4.69, 9.17) is 4.74 Å². The van der Waals surface area contributed by atoms with Crippen LogP contribution in [0.15, 0.2) is 77.9 Å². The molecule has 0 saturated carbocycles. The Balaban J connectivity index is 1.74. The van der Waals surface area contributed by atoms with Gasteiger partial charge in [-0.1, -0.05) is 12.1 Å². The number of carbonyl (C=O) groups excluding carboxylic acids is 1. The molecule has 1 N–H and O–H groups in total. The second kappa shape index (κ2) is 8.83. The fraction of sp³-hybridized carbons (Fsp3) is 0.160. The standard InChI is InChI=1S/C25H23N3O3/c1-3-31-22-10-8-21(9-11-22)28(25(30)19-5-4-12-26-15-19)16-20-14-18-7-6-17(2)13-23(18)27-24(20)29/h4-15H,3,16H2,1-2H3,(H,27,29). The molecule has 0 spiro atoms. The van der Waals surface area contributed by atoms with E-state index in [9.17, 15) is 9.59 Å². The minimum atomic E-state index is -0.235. The molecule has 1 amide bonds. The Hall–Kier alpha value is -3.93. The van der Waals surface area contributed by atoms with E-state index >= 15 is 0 Å². The van der Waals surface area contributed by atoms with Crippen molar-refractivity contribution in [3.8, 4) is 5.75 Å². The number of aromatic nitrogens is 2. The summed E-state index contributed by atoms with van der Waals surface area (Å²) in [4.78, 5) is 34.7. The summed E-state index contributed by atoms with van der Waals surface area (Å²) in [7, 11) is 0. The Bertz CT molecular complexity index is 1260. The maximum Gasteiger partial charge on any atom is 0.260 e. The third-order valence-corrected chi connectivity index (χ3v) is 5.02. The molecule has 6 nitrogen and oxygen atoms in total. The van der Waals surface area contributed by atoms with E-state index in [1.54, 1.807) is 23.2 Å². The van der Waals surface area contributed by atoms with E-state index in [2.05, 4.69) is 9.97 Å². The van der Waals surface area contributed by atoms with E-state index in [1.807, 2.05) is 62.4 Å². The maximum atomic E-state index is 13.3. The van der Waals surface area contributed by atoms with Gasteiger partial charge in [0.15, 0.2) is 0 Å². The van der Waals surface area contributed by atoms with Gasteiger partial charge in [0.1, 0.15) is 5.75 Å². The lowest BCUT2D eigenvalue weighted by Crippen LogP contribution is -2.33. The molecule has 0 unspecified atom stereocenters. The average molecular weight is 413 g/mol. The number of H-pyrrole nitrogens is 1. The summed E-state index contributed by atoms with van der Waals surface area (Å²) in [6.07, 6.45) is 3.14. The average Bonchev–Trinajstić information content (AvgIpc) is 2.79. The summed E-state index contributed by atoms with van der Waals surface area (Å²) in [5, 5.41) is 0.917. The normalized spacial score (nSPS) is 10.8. The number of nitrogens with one attached hydrogen (secondary N) is 1. The van der Waals surface area contributed by atoms with Crippen LogP contribution < -0.4 is 15.2 Å². The zero-order chi connectivity index (χ0) is 21.8. The van der Waals surface area contributed by atoms with Crippen molar-refractivity contribution in [3.63, 3.8) is 0 Å². The molecule has 0 bridgehead atoms. The Morgan fingerprint density at radius 1 is 1.10 bits per heavy atom. The van der Waals surface area contributed by atoms with Gasteiger partial charge in [-0.25, -0.2) is 0 Å². The third kappa shape index (κ3) is 4.48. The minimum Gasteiger partial charge on any atom is -0.494 e. The summed E-state index contributed by atoms with van der Waals surface area (Å²) >= 11 is 0. The number of ether oxygens (including phenoxy) is 1. The smallest absolute Gasteiger partial charge is 0.260 e. The summed E-state index contributed by atoms with van der Waals surface area (Å²) in [6.45, 7) is 4.58. The minimum absolute atomic E-state index is 0.126. The van der Waals surface area contributed by atoms with Crippen LogP contribution in [-0.4, -0.2) is 22.5 Å². The van der Waals surface area contributed by atoms with Crippen LogP contribution in [0.2, 0.25) is 0 Å². The number of benzene rings is 2. The quantitative estimate of drug-likeness (QED) is 0.506. The van der Waals surface area contributed by atoms with Crippen LogP contribution in [0, 0.1) is 6.92 Å². The van der Waals surface area contributed by atoms with Crippen LogP contribution in [0.1, 0.15) is 28.4 Å². The highest BCUT2D eigenvalue weighted by atomic mass is 16.5. The van der Waals surface area contributed by atoms with Crippen LogP contribution in [0.25, 0.3) is 10.9 Å². The van der Waals surface area contributed by atoms with Gasteiger partial charge in [0.25, 0.3) is 11.5 Å². The summed E-state index contributed by atoms with van der Waals surface area (Å²) in [6, 6.07) is 18.4. The summed E-state index contributed by atoms with van der Waals surface area (Å²) in [5.41, 5.74) is 3.25. The van der Waals surface area contributed by atoms with Gasteiger partial charge in [-0.2, -0.15) is 0 Å².